The second-order valence-electron chi connectivity index (χ2n) is 7.25. The first-order valence-corrected chi connectivity index (χ1v) is 9.68. The molecule has 2 aromatic carbocycles. The maximum atomic E-state index is 12.8. The lowest BCUT2D eigenvalue weighted by Gasteiger charge is -2.40. The molecule has 1 N–H and O–H groups in total. The predicted octanol–water partition coefficient (Wildman–Crippen LogP) is 3.22. The summed E-state index contributed by atoms with van der Waals surface area (Å²) in [7, 11) is 4.48. The van der Waals surface area contributed by atoms with Crippen LogP contribution in [0.2, 0.25) is 0 Å². The Morgan fingerprint density at radius 2 is 1.77 bits per heavy atom. The van der Waals surface area contributed by atoms with Crippen LogP contribution in [0.3, 0.4) is 0 Å². The summed E-state index contributed by atoms with van der Waals surface area (Å²) in [6.07, 6.45) is 0.384. The third-order valence-electron chi connectivity index (χ3n) is 5.69. The van der Waals surface area contributed by atoms with Crippen molar-refractivity contribution in [1.29, 1.82) is 0 Å². The van der Waals surface area contributed by atoms with E-state index in [9.17, 15) is 9.59 Å². The molecule has 0 spiro atoms. The lowest BCUT2D eigenvalue weighted by Crippen LogP contribution is -2.51. The van der Waals surface area contributed by atoms with Gasteiger partial charge >= 0.3 is 5.97 Å². The third-order valence-corrected chi connectivity index (χ3v) is 5.69. The summed E-state index contributed by atoms with van der Waals surface area (Å²) >= 11 is 0. The van der Waals surface area contributed by atoms with Crippen LogP contribution in [0.1, 0.15) is 29.8 Å². The van der Waals surface area contributed by atoms with Gasteiger partial charge in [-0.05, 0) is 29.3 Å². The summed E-state index contributed by atoms with van der Waals surface area (Å²) in [5.41, 5.74) is 3.67. The normalized spacial score (nSPS) is 18.1. The number of carbonyl (C=O) groups excluding carboxylic acids is 2. The Morgan fingerprint density at radius 1 is 1.03 bits per heavy atom. The lowest BCUT2D eigenvalue weighted by molar-refractivity contribution is -0.154. The summed E-state index contributed by atoms with van der Waals surface area (Å²) in [5, 5.41) is 1.04. The van der Waals surface area contributed by atoms with E-state index in [2.05, 4.69) is 4.98 Å². The van der Waals surface area contributed by atoms with Crippen LogP contribution in [-0.4, -0.2) is 49.1 Å². The van der Waals surface area contributed by atoms with Gasteiger partial charge in [0.1, 0.15) is 6.04 Å². The van der Waals surface area contributed by atoms with Crippen LogP contribution in [0, 0.1) is 0 Å². The highest BCUT2D eigenvalue weighted by atomic mass is 16.5. The average molecular weight is 408 g/mol. The first-order valence-electron chi connectivity index (χ1n) is 9.68. The largest absolute Gasteiger partial charge is 0.493 e. The monoisotopic (exact) mass is 408 g/mol. The molecular weight excluding hydrogens is 384 g/mol. The molecule has 0 saturated carbocycles. The molecule has 0 fully saturated rings. The number of amides is 1. The quantitative estimate of drug-likeness (QED) is 0.671. The van der Waals surface area contributed by atoms with E-state index in [1.807, 2.05) is 36.4 Å². The average Bonchev–Trinajstić information content (AvgIpc) is 3.15. The Hall–Kier alpha value is -3.48. The van der Waals surface area contributed by atoms with E-state index < -0.39 is 18.1 Å². The highest BCUT2D eigenvalue weighted by Crippen LogP contribution is 2.43. The van der Waals surface area contributed by atoms with Crippen LogP contribution >= 0.6 is 0 Å². The van der Waals surface area contributed by atoms with Crippen LogP contribution in [0.4, 0.5) is 0 Å². The molecular formula is C23H24N2O5. The van der Waals surface area contributed by atoms with Gasteiger partial charge < -0.3 is 24.1 Å². The number of rotatable bonds is 4. The van der Waals surface area contributed by atoms with E-state index in [1.54, 1.807) is 25.2 Å². The van der Waals surface area contributed by atoms with Crippen molar-refractivity contribution < 1.29 is 23.8 Å². The van der Waals surface area contributed by atoms with Crippen molar-refractivity contribution in [3.05, 3.63) is 59.3 Å². The second kappa shape index (κ2) is 7.74. The summed E-state index contributed by atoms with van der Waals surface area (Å²) in [6, 6.07) is 12.2. The van der Waals surface area contributed by atoms with Gasteiger partial charge in [-0.3, -0.25) is 4.79 Å². The number of para-hydroxylation sites is 1. The Labute approximate surface area is 174 Å². The molecule has 0 saturated heterocycles. The first-order chi connectivity index (χ1) is 14.5. The van der Waals surface area contributed by atoms with Crippen molar-refractivity contribution in [3.8, 4) is 11.5 Å². The van der Waals surface area contributed by atoms with Gasteiger partial charge in [-0.25, -0.2) is 4.79 Å². The molecule has 0 bridgehead atoms. The van der Waals surface area contributed by atoms with Crippen LogP contribution in [0.5, 0.6) is 11.5 Å². The molecule has 3 aromatic rings. The maximum absolute atomic E-state index is 12.8. The van der Waals surface area contributed by atoms with Crippen molar-refractivity contribution in [1.82, 2.24) is 9.88 Å². The number of H-pyrrole nitrogens is 1. The van der Waals surface area contributed by atoms with Gasteiger partial charge in [-0.1, -0.05) is 24.3 Å². The SMILES string of the molecule is COC(=O)[C@H]1Cc2c([nH]c3ccccc23)[C@@H](c2ccc(OC)c(OC)c2)N1C(C)=O. The van der Waals surface area contributed by atoms with Crippen molar-refractivity contribution in [2.45, 2.75) is 25.4 Å². The van der Waals surface area contributed by atoms with Gasteiger partial charge in [0.25, 0.3) is 0 Å². The number of nitrogens with zero attached hydrogens (tertiary/aromatic N) is 1. The zero-order valence-electron chi connectivity index (χ0n) is 17.4. The minimum absolute atomic E-state index is 0.213. The number of hydrogen-bond acceptors (Lipinski definition) is 5. The Kier molecular flexibility index (Phi) is 5.11. The number of carbonyl (C=O) groups is 2. The fraction of sp³-hybridized carbons (Fsp3) is 0.304. The van der Waals surface area contributed by atoms with Crippen molar-refractivity contribution in [2.75, 3.05) is 21.3 Å². The number of aromatic nitrogens is 1. The molecule has 7 nitrogen and oxygen atoms in total. The van der Waals surface area contributed by atoms with E-state index in [4.69, 9.17) is 14.2 Å². The van der Waals surface area contributed by atoms with E-state index in [0.29, 0.717) is 17.9 Å². The number of hydrogen-bond donors (Lipinski definition) is 1. The number of methoxy groups -OCH3 is 3. The maximum Gasteiger partial charge on any atom is 0.328 e. The molecule has 2 heterocycles. The predicted molar refractivity (Wildman–Crippen MR) is 112 cm³/mol. The zero-order chi connectivity index (χ0) is 21.4. The van der Waals surface area contributed by atoms with E-state index >= 15 is 0 Å². The Morgan fingerprint density at radius 3 is 2.43 bits per heavy atom. The second-order valence-corrected chi connectivity index (χ2v) is 7.25. The number of ether oxygens (including phenoxy) is 3. The lowest BCUT2D eigenvalue weighted by atomic mass is 9.87. The molecule has 1 amide bonds. The smallest absolute Gasteiger partial charge is 0.328 e. The van der Waals surface area contributed by atoms with E-state index in [0.717, 1.165) is 27.7 Å². The van der Waals surface area contributed by atoms with Crippen LogP contribution < -0.4 is 9.47 Å². The number of fused-ring (bicyclic) bond motifs is 3. The number of esters is 1. The molecule has 0 unspecified atom stereocenters. The molecule has 2 atom stereocenters. The van der Waals surface area contributed by atoms with Crippen LogP contribution in [0.15, 0.2) is 42.5 Å². The number of nitrogens with one attached hydrogen (secondary N) is 1. The van der Waals surface area contributed by atoms with Crippen LogP contribution in [0.25, 0.3) is 10.9 Å². The van der Waals surface area contributed by atoms with Crippen molar-refractivity contribution in [3.63, 3.8) is 0 Å². The topological polar surface area (TPSA) is 80.9 Å². The highest BCUT2D eigenvalue weighted by molar-refractivity contribution is 5.90. The fourth-order valence-electron chi connectivity index (χ4n) is 4.37. The molecule has 1 aliphatic rings. The molecule has 0 aliphatic carbocycles. The summed E-state index contributed by atoms with van der Waals surface area (Å²) in [4.78, 5) is 30.5. The molecule has 7 heteroatoms. The summed E-state index contributed by atoms with van der Waals surface area (Å²) in [5.74, 6) is 0.491. The minimum Gasteiger partial charge on any atom is -0.493 e. The van der Waals surface area contributed by atoms with Gasteiger partial charge in [0, 0.05) is 29.9 Å². The van der Waals surface area contributed by atoms with Gasteiger partial charge in [0.2, 0.25) is 5.91 Å². The van der Waals surface area contributed by atoms with Gasteiger partial charge in [0.05, 0.1) is 27.4 Å². The molecule has 1 aromatic heterocycles. The minimum atomic E-state index is -0.725. The molecule has 1 aliphatic heterocycles. The zero-order valence-corrected chi connectivity index (χ0v) is 17.4. The standard InChI is InChI=1S/C23H24N2O5/c1-13(26)25-18(23(27)30-4)12-16-15-7-5-6-8-17(15)24-21(16)22(25)14-9-10-19(28-2)20(11-14)29-3/h5-11,18,22,24H,12H2,1-4H3/t18-,22-/m1/s1. The van der Waals surface area contributed by atoms with E-state index in [1.165, 1.54) is 14.0 Å². The van der Waals surface area contributed by atoms with Gasteiger partial charge in [-0.2, -0.15) is 0 Å². The Balaban J connectivity index is 1.98. The molecule has 156 valence electrons. The number of aromatic amines is 1. The number of benzene rings is 2. The van der Waals surface area contributed by atoms with Crippen LogP contribution in [-0.2, 0) is 20.7 Å². The fourth-order valence-corrected chi connectivity index (χ4v) is 4.37. The third kappa shape index (κ3) is 3.07. The summed E-state index contributed by atoms with van der Waals surface area (Å²) in [6.45, 7) is 1.47. The van der Waals surface area contributed by atoms with Crippen molar-refractivity contribution in [2.24, 2.45) is 0 Å². The molecule has 0 radical (unpaired) electrons. The van der Waals surface area contributed by atoms with Gasteiger partial charge in [0.15, 0.2) is 11.5 Å². The summed E-state index contributed by atoms with van der Waals surface area (Å²) < 4.78 is 15.9. The molecule has 4 rings (SSSR count). The first kappa shape index (κ1) is 19.8. The van der Waals surface area contributed by atoms with Crippen molar-refractivity contribution >= 4 is 22.8 Å². The van der Waals surface area contributed by atoms with E-state index in [-0.39, 0.29) is 5.91 Å². The highest BCUT2D eigenvalue weighted by Gasteiger charge is 2.43. The van der Waals surface area contributed by atoms with Gasteiger partial charge in [-0.15, -0.1) is 0 Å². The Bertz CT molecular complexity index is 1120. The molecule has 30 heavy (non-hydrogen) atoms.